The predicted octanol–water partition coefficient (Wildman–Crippen LogP) is 1.71. The van der Waals surface area contributed by atoms with Crippen LogP contribution in [0.4, 0.5) is 11.5 Å². The van der Waals surface area contributed by atoms with Crippen LogP contribution in [0.2, 0.25) is 0 Å². The molecule has 0 unspecified atom stereocenters. The van der Waals surface area contributed by atoms with Gasteiger partial charge in [0.25, 0.3) is 0 Å². The molecule has 170 valence electrons. The van der Waals surface area contributed by atoms with E-state index in [0.29, 0.717) is 26.3 Å². The van der Waals surface area contributed by atoms with Gasteiger partial charge in [-0.3, -0.25) is 4.79 Å². The lowest BCUT2D eigenvalue weighted by Crippen LogP contribution is -2.56. The SMILES string of the molecule is O=C(N1CCN(c2cnnc(N3CCOCC3)c2)CC1)C1(c2ccccc2)CCOCC1. The van der Waals surface area contributed by atoms with E-state index in [9.17, 15) is 4.79 Å². The van der Waals surface area contributed by atoms with E-state index in [1.165, 1.54) is 0 Å². The maximum atomic E-state index is 13.8. The molecule has 2 aromatic rings. The minimum atomic E-state index is -0.469. The quantitative estimate of drug-likeness (QED) is 0.721. The predicted molar refractivity (Wildman–Crippen MR) is 122 cm³/mol. The van der Waals surface area contributed by atoms with Crippen molar-refractivity contribution in [2.75, 3.05) is 75.5 Å². The van der Waals surface area contributed by atoms with Crippen LogP contribution in [0, 0.1) is 0 Å². The third-order valence-electron chi connectivity index (χ3n) is 6.98. The second-order valence-corrected chi connectivity index (χ2v) is 8.71. The molecule has 0 aliphatic carbocycles. The topological polar surface area (TPSA) is 71.0 Å². The summed E-state index contributed by atoms with van der Waals surface area (Å²) >= 11 is 0. The third kappa shape index (κ3) is 4.17. The Balaban J connectivity index is 1.27. The largest absolute Gasteiger partial charge is 0.381 e. The molecule has 0 saturated carbocycles. The van der Waals surface area contributed by atoms with Crippen LogP contribution in [0.25, 0.3) is 0 Å². The number of amides is 1. The summed E-state index contributed by atoms with van der Waals surface area (Å²) in [5, 5.41) is 8.57. The third-order valence-corrected chi connectivity index (χ3v) is 6.98. The smallest absolute Gasteiger partial charge is 0.233 e. The second-order valence-electron chi connectivity index (χ2n) is 8.71. The first kappa shape index (κ1) is 21.2. The zero-order valence-electron chi connectivity index (χ0n) is 18.5. The Kier molecular flexibility index (Phi) is 6.23. The summed E-state index contributed by atoms with van der Waals surface area (Å²) in [5.74, 6) is 1.14. The molecule has 0 spiro atoms. The molecular formula is C24H31N5O3. The number of morpholine rings is 1. The van der Waals surface area contributed by atoms with E-state index in [-0.39, 0.29) is 5.91 Å². The van der Waals surface area contributed by atoms with Crippen LogP contribution in [0.3, 0.4) is 0 Å². The number of nitrogens with zero attached hydrogens (tertiary/aromatic N) is 5. The van der Waals surface area contributed by atoms with Gasteiger partial charge in [-0.1, -0.05) is 30.3 Å². The van der Waals surface area contributed by atoms with Crippen molar-refractivity contribution in [3.8, 4) is 0 Å². The second kappa shape index (κ2) is 9.42. The Hall–Kier alpha value is -2.71. The highest BCUT2D eigenvalue weighted by Gasteiger charge is 2.44. The van der Waals surface area contributed by atoms with Gasteiger partial charge in [-0.15, -0.1) is 5.10 Å². The lowest BCUT2D eigenvalue weighted by molar-refractivity contribution is -0.141. The molecule has 0 bridgehead atoms. The van der Waals surface area contributed by atoms with Crippen LogP contribution in [0.15, 0.2) is 42.6 Å². The molecule has 0 radical (unpaired) electrons. The van der Waals surface area contributed by atoms with Crippen LogP contribution >= 0.6 is 0 Å². The minimum absolute atomic E-state index is 0.244. The van der Waals surface area contributed by atoms with E-state index >= 15 is 0 Å². The number of carbonyl (C=O) groups is 1. The Morgan fingerprint density at radius 1 is 0.844 bits per heavy atom. The summed E-state index contributed by atoms with van der Waals surface area (Å²) in [6, 6.07) is 12.4. The van der Waals surface area contributed by atoms with Gasteiger partial charge < -0.3 is 24.2 Å². The van der Waals surface area contributed by atoms with E-state index < -0.39 is 5.41 Å². The molecule has 3 aliphatic rings. The van der Waals surface area contributed by atoms with Crippen molar-refractivity contribution in [2.24, 2.45) is 0 Å². The normalized spacial score (nSPS) is 21.4. The Bertz CT molecular complexity index is 905. The first-order chi connectivity index (χ1) is 15.8. The average Bonchev–Trinajstić information content (AvgIpc) is 2.90. The lowest BCUT2D eigenvalue weighted by atomic mass is 9.73. The summed E-state index contributed by atoms with van der Waals surface area (Å²) in [5.41, 5.74) is 1.71. The standard InChI is InChI=1S/C24H31N5O3/c30-23(24(6-14-31-15-7-24)20-4-2-1-3-5-20)29-10-8-27(9-11-29)21-18-22(26-25-19-21)28-12-16-32-17-13-28/h1-5,18-19H,6-17H2. The van der Waals surface area contributed by atoms with Crippen molar-refractivity contribution < 1.29 is 14.3 Å². The zero-order chi connectivity index (χ0) is 21.8. The molecular weight excluding hydrogens is 406 g/mol. The van der Waals surface area contributed by atoms with Crippen molar-refractivity contribution in [3.63, 3.8) is 0 Å². The molecule has 8 nitrogen and oxygen atoms in total. The van der Waals surface area contributed by atoms with E-state index in [1.54, 1.807) is 0 Å². The van der Waals surface area contributed by atoms with E-state index in [0.717, 1.165) is 69.3 Å². The number of carbonyl (C=O) groups excluding carboxylic acids is 1. The number of hydrogen-bond acceptors (Lipinski definition) is 7. The molecule has 0 N–H and O–H groups in total. The van der Waals surface area contributed by atoms with Crippen LogP contribution in [0.5, 0.6) is 0 Å². The van der Waals surface area contributed by atoms with Gasteiger partial charge in [0.1, 0.15) is 0 Å². The lowest BCUT2D eigenvalue weighted by Gasteiger charge is -2.43. The fourth-order valence-electron chi connectivity index (χ4n) is 5.04. The molecule has 3 saturated heterocycles. The minimum Gasteiger partial charge on any atom is -0.381 e. The van der Waals surface area contributed by atoms with E-state index in [2.05, 4.69) is 38.2 Å². The molecule has 4 heterocycles. The Morgan fingerprint density at radius 3 is 2.25 bits per heavy atom. The monoisotopic (exact) mass is 437 g/mol. The summed E-state index contributed by atoms with van der Waals surface area (Å²) < 4.78 is 11.1. The fraction of sp³-hybridized carbons (Fsp3) is 0.542. The molecule has 1 aromatic carbocycles. The van der Waals surface area contributed by atoms with Crippen molar-refractivity contribution in [1.29, 1.82) is 0 Å². The van der Waals surface area contributed by atoms with Gasteiger partial charge in [0, 0.05) is 58.5 Å². The maximum absolute atomic E-state index is 13.8. The first-order valence-corrected chi connectivity index (χ1v) is 11.6. The van der Waals surface area contributed by atoms with Crippen LogP contribution in [-0.4, -0.2) is 86.7 Å². The highest BCUT2D eigenvalue weighted by Crippen LogP contribution is 2.37. The van der Waals surface area contributed by atoms with E-state index in [1.807, 2.05) is 29.3 Å². The number of anilines is 2. The highest BCUT2D eigenvalue weighted by molar-refractivity contribution is 5.88. The summed E-state index contributed by atoms with van der Waals surface area (Å²) in [6.45, 7) is 7.40. The number of benzene rings is 1. The summed E-state index contributed by atoms with van der Waals surface area (Å²) in [7, 11) is 0. The molecule has 1 amide bonds. The van der Waals surface area contributed by atoms with E-state index in [4.69, 9.17) is 9.47 Å². The number of piperazine rings is 1. The number of rotatable bonds is 4. The molecule has 32 heavy (non-hydrogen) atoms. The zero-order valence-corrected chi connectivity index (χ0v) is 18.5. The molecule has 1 aromatic heterocycles. The van der Waals surface area contributed by atoms with Gasteiger partial charge >= 0.3 is 0 Å². The van der Waals surface area contributed by atoms with Gasteiger partial charge in [-0.2, -0.15) is 5.10 Å². The first-order valence-electron chi connectivity index (χ1n) is 11.6. The fourth-order valence-corrected chi connectivity index (χ4v) is 5.04. The number of ether oxygens (including phenoxy) is 2. The highest BCUT2D eigenvalue weighted by atomic mass is 16.5. The number of aromatic nitrogens is 2. The molecule has 0 atom stereocenters. The molecule has 8 heteroatoms. The molecule has 5 rings (SSSR count). The Morgan fingerprint density at radius 2 is 1.53 bits per heavy atom. The molecule has 3 aliphatic heterocycles. The average molecular weight is 438 g/mol. The summed E-state index contributed by atoms with van der Waals surface area (Å²) in [6.07, 6.45) is 3.31. The van der Waals surface area contributed by atoms with Gasteiger partial charge in [0.15, 0.2) is 5.82 Å². The summed E-state index contributed by atoms with van der Waals surface area (Å²) in [4.78, 5) is 20.4. The van der Waals surface area contributed by atoms with Crippen LogP contribution < -0.4 is 9.80 Å². The van der Waals surface area contributed by atoms with Gasteiger partial charge in [-0.25, -0.2) is 0 Å². The Labute approximate surface area is 189 Å². The van der Waals surface area contributed by atoms with Crippen molar-refractivity contribution >= 4 is 17.4 Å². The van der Waals surface area contributed by atoms with Gasteiger partial charge in [0.2, 0.25) is 5.91 Å². The molecule has 3 fully saturated rings. The van der Waals surface area contributed by atoms with Crippen LogP contribution in [-0.2, 0) is 19.7 Å². The van der Waals surface area contributed by atoms with Crippen molar-refractivity contribution in [3.05, 3.63) is 48.2 Å². The maximum Gasteiger partial charge on any atom is 0.233 e. The van der Waals surface area contributed by atoms with Crippen molar-refractivity contribution in [2.45, 2.75) is 18.3 Å². The van der Waals surface area contributed by atoms with Crippen LogP contribution in [0.1, 0.15) is 18.4 Å². The number of hydrogen-bond donors (Lipinski definition) is 0. The van der Waals surface area contributed by atoms with Gasteiger partial charge in [0.05, 0.1) is 30.5 Å². The van der Waals surface area contributed by atoms with Gasteiger partial charge in [-0.05, 0) is 18.4 Å². The van der Waals surface area contributed by atoms with Crippen molar-refractivity contribution in [1.82, 2.24) is 15.1 Å².